The summed E-state index contributed by atoms with van der Waals surface area (Å²) in [7, 11) is 0. The van der Waals surface area contributed by atoms with E-state index in [2.05, 4.69) is 11.4 Å². The first-order valence-electron chi connectivity index (χ1n) is 6.21. The van der Waals surface area contributed by atoms with Gasteiger partial charge >= 0.3 is 0 Å². The van der Waals surface area contributed by atoms with E-state index in [1.807, 2.05) is 18.2 Å². The fourth-order valence-corrected chi connectivity index (χ4v) is 1.90. The number of carbonyl (C=O) groups is 1. The molecule has 1 amide bonds. The van der Waals surface area contributed by atoms with Crippen LogP contribution in [0, 0.1) is 11.3 Å². The Morgan fingerprint density at radius 1 is 1.20 bits per heavy atom. The van der Waals surface area contributed by atoms with Crippen molar-refractivity contribution in [3.8, 4) is 11.8 Å². The summed E-state index contributed by atoms with van der Waals surface area (Å²) in [6.07, 6.45) is 0.124. The highest BCUT2D eigenvalue weighted by Crippen LogP contribution is 2.13. The van der Waals surface area contributed by atoms with Gasteiger partial charge in [-0.05, 0) is 23.3 Å². The molecule has 0 aliphatic heterocycles. The minimum absolute atomic E-state index is 0.121. The van der Waals surface area contributed by atoms with Gasteiger partial charge in [-0.25, -0.2) is 0 Å². The number of phenolic OH excluding ortho intramolecular Hbond substituents is 1. The van der Waals surface area contributed by atoms with Crippen LogP contribution in [0.3, 0.4) is 0 Å². The summed E-state index contributed by atoms with van der Waals surface area (Å²) in [4.78, 5) is 11.9. The maximum atomic E-state index is 11.9. The molecule has 100 valence electrons. The van der Waals surface area contributed by atoms with Crippen molar-refractivity contribution in [2.45, 2.75) is 12.5 Å². The van der Waals surface area contributed by atoms with E-state index < -0.39 is 6.04 Å². The number of nitriles is 1. The van der Waals surface area contributed by atoms with E-state index in [4.69, 9.17) is 5.26 Å². The van der Waals surface area contributed by atoms with Crippen molar-refractivity contribution < 1.29 is 9.90 Å². The highest BCUT2D eigenvalue weighted by molar-refractivity contribution is 5.79. The maximum absolute atomic E-state index is 11.9. The minimum atomic E-state index is -0.666. The fraction of sp³-hybridized carbons (Fsp3) is 0.125. The van der Waals surface area contributed by atoms with Crippen LogP contribution in [0.4, 0.5) is 0 Å². The zero-order valence-electron chi connectivity index (χ0n) is 10.8. The molecule has 4 heteroatoms. The molecule has 0 aromatic heterocycles. The second kappa shape index (κ2) is 6.39. The van der Waals surface area contributed by atoms with Gasteiger partial charge in [-0.2, -0.15) is 5.26 Å². The number of phenols is 1. The zero-order valence-corrected chi connectivity index (χ0v) is 10.8. The predicted molar refractivity (Wildman–Crippen MR) is 74.7 cm³/mol. The number of benzene rings is 2. The maximum Gasteiger partial charge on any atom is 0.225 e. The van der Waals surface area contributed by atoms with Crippen LogP contribution in [0.1, 0.15) is 17.2 Å². The summed E-state index contributed by atoms with van der Waals surface area (Å²) in [6.45, 7) is 0. The van der Waals surface area contributed by atoms with E-state index >= 15 is 0 Å². The molecule has 20 heavy (non-hydrogen) atoms. The molecule has 0 saturated carbocycles. The Morgan fingerprint density at radius 2 is 1.95 bits per heavy atom. The van der Waals surface area contributed by atoms with Crippen LogP contribution in [0.2, 0.25) is 0 Å². The highest BCUT2D eigenvalue weighted by atomic mass is 16.3. The number of rotatable bonds is 4. The van der Waals surface area contributed by atoms with Crippen LogP contribution in [0.5, 0.6) is 5.75 Å². The van der Waals surface area contributed by atoms with E-state index in [-0.39, 0.29) is 18.1 Å². The van der Waals surface area contributed by atoms with E-state index in [9.17, 15) is 9.90 Å². The molecule has 2 rings (SSSR count). The third-order valence-corrected chi connectivity index (χ3v) is 2.84. The van der Waals surface area contributed by atoms with Crippen LogP contribution in [0.25, 0.3) is 0 Å². The third-order valence-electron chi connectivity index (χ3n) is 2.84. The lowest BCUT2D eigenvalue weighted by molar-refractivity contribution is -0.120. The minimum Gasteiger partial charge on any atom is -0.508 e. The number of aromatic hydroxyl groups is 1. The van der Waals surface area contributed by atoms with Gasteiger partial charge in [-0.15, -0.1) is 0 Å². The number of hydrogen-bond donors (Lipinski definition) is 2. The van der Waals surface area contributed by atoms with Crippen LogP contribution >= 0.6 is 0 Å². The largest absolute Gasteiger partial charge is 0.508 e. The number of amides is 1. The van der Waals surface area contributed by atoms with Crippen molar-refractivity contribution >= 4 is 5.91 Å². The number of carbonyl (C=O) groups excluding carboxylic acids is 1. The standard InChI is InChI=1S/C16H14N2O2/c17-11-15(13-6-2-1-3-7-13)18-16(20)10-12-5-4-8-14(19)9-12/h1-9,15,19H,10H2,(H,18,20). The van der Waals surface area contributed by atoms with Gasteiger partial charge in [0.05, 0.1) is 12.5 Å². The fourth-order valence-electron chi connectivity index (χ4n) is 1.90. The van der Waals surface area contributed by atoms with E-state index in [1.54, 1.807) is 30.3 Å². The molecular weight excluding hydrogens is 252 g/mol. The van der Waals surface area contributed by atoms with Crippen LogP contribution in [-0.2, 0) is 11.2 Å². The molecule has 0 saturated heterocycles. The van der Waals surface area contributed by atoms with Gasteiger partial charge in [0.1, 0.15) is 11.8 Å². The number of hydrogen-bond acceptors (Lipinski definition) is 3. The summed E-state index contributed by atoms with van der Waals surface area (Å²) in [5.41, 5.74) is 1.45. The lowest BCUT2D eigenvalue weighted by Crippen LogP contribution is -2.28. The molecule has 0 fully saturated rings. The van der Waals surface area contributed by atoms with E-state index in [1.165, 1.54) is 6.07 Å². The SMILES string of the molecule is N#CC(NC(=O)Cc1cccc(O)c1)c1ccccc1. The molecule has 0 aliphatic rings. The zero-order chi connectivity index (χ0) is 14.4. The lowest BCUT2D eigenvalue weighted by Gasteiger charge is -2.12. The molecule has 4 nitrogen and oxygen atoms in total. The van der Waals surface area contributed by atoms with Crippen molar-refractivity contribution in [3.05, 3.63) is 65.7 Å². The molecular formula is C16H14N2O2. The van der Waals surface area contributed by atoms with Crippen molar-refractivity contribution in [1.29, 1.82) is 5.26 Å². The van der Waals surface area contributed by atoms with Gasteiger partial charge in [0, 0.05) is 0 Å². The lowest BCUT2D eigenvalue weighted by atomic mass is 10.1. The molecule has 2 aromatic rings. The highest BCUT2D eigenvalue weighted by Gasteiger charge is 2.13. The van der Waals surface area contributed by atoms with Gasteiger partial charge in [0.2, 0.25) is 5.91 Å². The molecule has 1 unspecified atom stereocenters. The Kier molecular flexibility index (Phi) is 4.35. The Balaban J connectivity index is 2.02. The van der Waals surface area contributed by atoms with Crippen molar-refractivity contribution in [2.75, 3.05) is 0 Å². The Hall–Kier alpha value is -2.80. The normalized spacial score (nSPS) is 11.3. The smallest absolute Gasteiger partial charge is 0.225 e. The summed E-state index contributed by atoms with van der Waals surface area (Å²) in [6, 6.07) is 17.0. The van der Waals surface area contributed by atoms with Gasteiger partial charge in [0.15, 0.2) is 0 Å². The Labute approximate surface area is 117 Å². The van der Waals surface area contributed by atoms with Crippen molar-refractivity contribution in [2.24, 2.45) is 0 Å². The van der Waals surface area contributed by atoms with E-state index in [0.29, 0.717) is 5.56 Å². The second-order valence-corrected chi connectivity index (χ2v) is 4.39. The van der Waals surface area contributed by atoms with Crippen LogP contribution < -0.4 is 5.32 Å². The molecule has 0 heterocycles. The molecule has 0 radical (unpaired) electrons. The van der Waals surface area contributed by atoms with Crippen molar-refractivity contribution in [1.82, 2.24) is 5.32 Å². The second-order valence-electron chi connectivity index (χ2n) is 4.39. The average Bonchev–Trinajstić information content (AvgIpc) is 2.45. The van der Waals surface area contributed by atoms with Gasteiger partial charge < -0.3 is 10.4 Å². The molecule has 1 atom stereocenters. The van der Waals surface area contributed by atoms with Crippen LogP contribution in [0.15, 0.2) is 54.6 Å². The third kappa shape index (κ3) is 3.59. The Bertz CT molecular complexity index is 632. The summed E-state index contributed by atoms with van der Waals surface area (Å²) < 4.78 is 0. The predicted octanol–water partition coefficient (Wildman–Crippen LogP) is 2.32. The number of nitrogens with zero attached hydrogens (tertiary/aromatic N) is 1. The van der Waals surface area contributed by atoms with Crippen molar-refractivity contribution in [3.63, 3.8) is 0 Å². The first-order chi connectivity index (χ1) is 9.69. The molecule has 0 bridgehead atoms. The molecule has 2 N–H and O–H groups in total. The van der Waals surface area contributed by atoms with Crippen LogP contribution in [-0.4, -0.2) is 11.0 Å². The molecule has 0 aliphatic carbocycles. The van der Waals surface area contributed by atoms with Gasteiger partial charge in [0.25, 0.3) is 0 Å². The molecule has 2 aromatic carbocycles. The summed E-state index contributed by atoms with van der Waals surface area (Å²) in [5.74, 6) is -0.138. The van der Waals surface area contributed by atoms with E-state index in [0.717, 1.165) is 5.56 Å². The molecule has 0 spiro atoms. The average molecular weight is 266 g/mol. The first-order valence-corrected chi connectivity index (χ1v) is 6.21. The first kappa shape index (κ1) is 13.6. The monoisotopic (exact) mass is 266 g/mol. The quantitative estimate of drug-likeness (QED) is 0.891. The Morgan fingerprint density at radius 3 is 2.60 bits per heavy atom. The summed E-state index contributed by atoms with van der Waals surface area (Å²) >= 11 is 0. The van der Waals surface area contributed by atoms with Gasteiger partial charge in [-0.1, -0.05) is 42.5 Å². The summed E-state index contributed by atoms with van der Waals surface area (Å²) in [5, 5.41) is 21.2. The topological polar surface area (TPSA) is 73.1 Å². The van der Waals surface area contributed by atoms with Gasteiger partial charge in [-0.3, -0.25) is 4.79 Å². The number of nitrogens with one attached hydrogen (secondary N) is 1.